The zero-order valence-corrected chi connectivity index (χ0v) is 12.0. The van der Waals surface area contributed by atoms with Crippen LogP contribution in [0.4, 0.5) is 5.69 Å². The van der Waals surface area contributed by atoms with Crippen LogP contribution in [0.1, 0.15) is 44.6 Å². The summed E-state index contributed by atoms with van der Waals surface area (Å²) in [6.45, 7) is 4.65. The van der Waals surface area contributed by atoms with Crippen molar-refractivity contribution in [2.24, 2.45) is 0 Å². The minimum atomic E-state index is 0.0393. The zero-order chi connectivity index (χ0) is 13.7. The van der Waals surface area contributed by atoms with Crippen molar-refractivity contribution in [3.63, 3.8) is 0 Å². The van der Waals surface area contributed by atoms with Crippen LogP contribution in [0.5, 0.6) is 0 Å². The molecule has 0 radical (unpaired) electrons. The number of amides is 1. The lowest BCUT2D eigenvalue weighted by atomic mass is 9.83. The minimum absolute atomic E-state index is 0.0393. The predicted octanol–water partition coefficient (Wildman–Crippen LogP) is 3.25. The average molecular weight is 260 g/mol. The smallest absolute Gasteiger partial charge is 0.238 e. The van der Waals surface area contributed by atoms with Crippen molar-refractivity contribution in [2.75, 3.05) is 11.9 Å². The molecule has 1 amide bonds. The van der Waals surface area contributed by atoms with E-state index in [9.17, 15) is 4.79 Å². The molecule has 1 fully saturated rings. The topological polar surface area (TPSA) is 41.1 Å². The number of hydrogen-bond acceptors (Lipinski definition) is 2. The van der Waals surface area contributed by atoms with Gasteiger partial charge >= 0.3 is 0 Å². The Morgan fingerprint density at radius 1 is 1.26 bits per heavy atom. The minimum Gasteiger partial charge on any atom is -0.325 e. The molecule has 19 heavy (non-hydrogen) atoms. The Morgan fingerprint density at radius 2 is 2.00 bits per heavy atom. The van der Waals surface area contributed by atoms with Crippen LogP contribution in [-0.2, 0) is 4.79 Å². The average Bonchev–Trinajstić information content (AvgIpc) is 2.38. The molecule has 0 spiro atoms. The molecule has 3 nitrogen and oxygen atoms in total. The normalized spacial score (nSPS) is 18.0. The second-order valence-electron chi connectivity index (χ2n) is 5.89. The molecule has 0 saturated heterocycles. The highest BCUT2D eigenvalue weighted by Crippen LogP contribution is 2.27. The first-order valence-electron chi connectivity index (χ1n) is 7.19. The highest BCUT2D eigenvalue weighted by Gasteiger charge is 2.26. The summed E-state index contributed by atoms with van der Waals surface area (Å²) in [5.74, 6) is 0.0393. The van der Waals surface area contributed by atoms with Gasteiger partial charge in [-0.2, -0.15) is 0 Å². The van der Waals surface area contributed by atoms with Gasteiger partial charge in [0.1, 0.15) is 0 Å². The van der Waals surface area contributed by atoms with E-state index in [1.807, 2.05) is 31.2 Å². The fourth-order valence-electron chi connectivity index (χ4n) is 2.73. The lowest BCUT2D eigenvalue weighted by Gasteiger charge is -2.34. The molecule has 3 heteroatoms. The van der Waals surface area contributed by atoms with E-state index in [4.69, 9.17) is 0 Å². The molecule has 0 aromatic heterocycles. The second-order valence-corrected chi connectivity index (χ2v) is 5.89. The van der Waals surface area contributed by atoms with Gasteiger partial charge in [0.05, 0.1) is 6.54 Å². The molecule has 0 aliphatic heterocycles. The summed E-state index contributed by atoms with van der Waals surface area (Å²) < 4.78 is 0. The summed E-state index contributed by atoms with van der Waals surface area (Å²) in [4.78, 5) is 11.9. The number of benzene rings is 1. The van der Waals surface area contributed by atoms with Gasteiger partial charge in [0, 0.05) is 11.2 Å². The standard InChI is InChI=1S/C16H24N2O/c1-13-7-6-8-14(11-13)18-15(19)12-17-16(2)9-4-3-5-10-16/h6-8,11,17H,3-5,9-10,12H2,1-2H3,(H,18,19). The fraction of sp³-hybridized carbons (Fsp3) is 0.562. The van der Waals surface area contributed by atoms with E-state index in [0.29, 0.717) is 6.54 Å². The van der Waals surface area contributed by atoms with Crippen LogP contribution in [0.15, 0.2) is 24.3 Å². The molecule has 1 aliphatic carbocycles. The van der Waals surface area contributed by atoms with Crippen molar-refractivity contribution in [2.45, 2.75) is 51.5 Å². The van der Waals surface area contributed by atoms with Crippen molar-refractivity contribution in [1.29, 1.82) is 0 Å². The first kappa shape index (κ1) is 14.1. The van der Waals surface area contributed by atoms with Crippen molar-refractivity contribution in [1.82, 2.24) is 5.32 Å². The lowest BCUT2D eigenvalue weighted by molar-refractivity contribution is -0.115. The molecular formula is C16H24N2O. The second kappa shape index (κ2) is 6.20. The van der Waals surface area contributed by atoms with E-state index in [2.05, 4.69) is 17.6 Å². The molecule has 2 rings (SSSR count). The number of carbonyl (C=O) groups excluding carboxylic acids is 1. The Morgan fingerprint density at radius 3 is 2.68 bits per heavy atom. The largest absolute Gasteiger partial charge is 0.325 e. The SMILES string of the molecule is Cc1cccc(NC(=O)CNC2(C)CCCCC2)c1. The summed E-state index contributed by atoms with van der Waals surface area (Å²) in [5.41, 5.74) is 2.17. The third-order valence-electron chi connectivity index (χ3n) is 3.93. The van der Waals surface area contributed by atoms with Gasteiger partial charge in [-0.15, -0.1) is 0 Å². The summed E-state index contributed by atoms with van der Waals surface area (Å²) in [5, 5.41) is 6.36. The highest BCUT2D eigenvalue weighted by molar-refractivity contribution is 5.92. The third-order valence-corrected chi connectivity index (χ3v) is 3.93. The Kier molecular flexibility index (Phi) is 4.59. The molecule has 0 atom stereocenters. The maximum absolute atomic E-state index is 11.9. The monoisotopic (exact) mass is 260 g/mol. The van der Waals surface area contributed by atoms with Gasteiger partial charge in [-0.3, -0.25) is 4.79 Å². The maximum atomic E-state index is 11.9. The van der Waals surface area contributed by atoms with Gasteiger partial charge < -0.3 is 10.6 Å². The molecule has 0 bridgehead atoms. The molecule has 1 aliphatic rings. The first-order chi connectivity index (χ1) is 9.07. The lowest BCUT2D eigenvalue weighted by Crippen LogP contribution is -2.47. The number of anilines is 1. The van der Waals surface area contributed by atoms with Gasteiger partial charge in [-0.1, -0.05) is 31.4 Å². The summed E-state index contributed by atoms with van der Waals surface area (Å²) in [7, 11) is 0. The molecule has 1 aromatic carbocycles. The van der Waals surface area contributed by atoms with Crippen LogP contribution in [0.2, 0.25) is 0 Å². The van der Waals surface area contributed by atoms with Gasteiger partial charge in [-0.05, 0) is 44.4 Å². The van der Waals surface area contributed by atoms with E-state index < -0.39 is 0 Å². The Hall–Kier alpha value is -1.35. The summed E-state index contributed by atoms with van der Waals surface area (Å²) in [6, 6.07) is 7.89. The van der Waals surface area contributed by atoms with Gasteiger partial charge in [0.25, 0.3) is 0 Å². The molecular weight excluding hydrogens is 236 g/mol. The highest BCUT2D eigenvalue weighted by atomic mass is 16.1. The van der Waals surface area contributed by atoms with Gasteiger partial charge in [0.2, 0.25) is 5.91 Å². The summed E-state index contributed by atoms with van der Waals surface area (Å²) >= 11 is 0. The zero-order valence-electron chi connectivity index (χ0n) is 12.0. The Bertz CT molecular complexity index is 436. The molecule has 104 valence electrons. The Labute approximate surface area is 115 Å². The molecule has 1 aromatic rings. The first-order valence-corrected chi connectivity index (χ1v) is 7.19. The quantitative estimate of drug-likeness (QED) is 0.872. The maximum Gasteiger partial charge on any atom is 0.238 e. The number of nitrogens with one attached hydrogen (secondary N) is 2. The van der Waals surface area contributed by atoms with E-state index in [1.54, 1.807) is 0 Å². The van der Waals surface area contributed by atoms with Crippen molar-refractivity contribution in [3.05, 3.63) is 29.8 Å². The molecule has 0 unspecified atom stereocenters. The number of carbonyl (C=O) groups is 1. The van der Waals surface area contributed by atoms with Crippen LogP contribution in [0.25, 0.3) is 0 Å². The van der Waals surface area contributed by atoms with Crippen molar-refractivity contribution in [3.8, 4) is 0 Å². The summed E-state index contributed by atoms with van der Waals surface area (Å²) in [6.07, 6.45) is 6.20. The number of hydrogen-bond donors (Lipinski definition) is 2. The van der Waals surface area contributed by atoms with E-state index in [1.165, 1.54) is 32.1 Å². The fourth-order valence-corrected chi connectivity index (χ4v) is 2.73. The van der Waals surface area contributed by atoms with E-state index in [-0.39, 0.29) is 11.4 Å². The molecule has 2 N–H and O–H groups in total. The third kappa shape index (κ3) is 4.35. The molecule has 0 heterocycles. The van der Waals surface area contributed by atoms with Crippen LogP contribution >= 0.6 is 0 Å². The van der Waals surface area contributed by atoms with Crippen LogP contribution in [0, 0.1) is 6.92 Å². The Balaban J connectivity index is 1.81. The number of rotatable bonds is 4. The predicted molar refractivity (Wildman–Crippen MR) is 79.3 cm³/mol. The van der Waals surface area contributed by atoms with E-state index in [0.717, 1.165) is 11.3 Å². The van der Waals surface area contributed by atoms with Crippen LogP contribution in [-0.4, -0.2) is 18.0 Å². The van der Waals surface area contributed by atoms with E-state index >= 15 is 0 Å². The molecule has 1 saturated carbocycles. The number of aryl methyl sites for hydroxylation is 1. The van der Waals surface area contributed by atoms with Crippen molar-refractivity contribution < 1.29 is 4.79 Å². The van der Waals surface area contributed by atoms with Crippen molar-refractivity contribution >= 4 is 11.6 Å². The van der Waals surface area contributed by atoms with Gasteiger partial charge in [-0.25, -0.2) is 0 Å². The van der Waals surface area contributed by atoms with Gasteiger partial charge in [0.15, 0.2) is 0 Å². The van der Waals surface area contributed by atoms with Crippen LogP contribution in [0.3, 0.4) is 0 Å². The van der Waals surface area contributed by atoms with Crippen LogP contribution < -0.4 is 10.6 Å².